The van der Waals surface area contributed by atoms with Crippen LogP contribution in [0.3, 0.4) is 0 Å². The minimum absolute atomic E-state index is 0.104. The third-order valence-electron chi connectivity index (χ3n) is 3.62. The molecule has 0 aliphatic rings. The zero-order valence-electron chi connectivity index (χ0n) is 12.7. The van der Waals surface area contributed by atoms with E-state index in [0.717, 1.165) is 6.07 Å². The fourth-order valence-electron chi connectivity index (χ4n) is 2.20. The van der Waals surface area contributed by atoms with Crippen molar-refractivity contribution in [2.45, 2.75) is 18.9 Å². The number of rotatable bonds is 6. The highest BCUT2D eigenvalue weighted by Crippen LogP contribution is 2.29. The van der Waals surface area contributed by atoms with Gasteiger partial charge in [-0.2, -0.15) is 0 Å². The Morgan fingerprint density at radius 1 is 1.12 bits per heavy atom. The van der Waals surface area contributed by atoms with Crippen molar-refractivity contribution >= 4 is 29.2 Å². The molecule has 2 aromatic carbocycles. The number of aliphatic carboxylic acids is 2. The van der Waals surface area contributed by atoms with E-state index >= 15 is 0 Å². The van der Waals surface area contributed by atoms with Gasteiger partial charge in [0.25, 0.3) is 0 Å². The molecule has 2 rings (SSSR count). The summed E-state index contributed by atoms with van der Waals surface area (Å²) >= 11 is 6.02. The summed E-state index contributed by atoms with van der Waals surface area (Å²) in [6, 6.07) is 8.81. The van der Waals surface area contributed by atoms with Gasteiger partial charge in [0.05, 0.1) is 11.6 Å². The minimum Gasteiger partial charge on any atom is -0.481 e. The molecule has 0 heterocycles. The van der Waals surface area contributed by atoms with Gasteiger partial charge in [-0.3, -0.25) is 4.79 Å². The fraction of sp³-hybridized carbons (Fsp3) is 0.176. The number of carbonyl (C=O) groups is 2. The molecule has 0 aliphatic heterocycles. The lowest BCUT2D eigenvalue weighted by molar-refractivity contribution is -0.139. The van der Waals surface area contributed by atoms with Crippen LogP contribution in [0.5, 0.6) is 0 Å². The van der Waals surface area contributed by atoms with Gasteiger partial charge in [-0.15, -0.1) is 0 Å². The van der Waals surface area contributed by atoms with E-state index in [-0.39, 0.29) is 16.3 Å². The maximum Gasteiger partial charge on any atom is 0.330 e. The van der Waals surface area contributed by atoms with Gasteiger partial charge in [-0.25, -0.2) is 9.18 Å². The second-order valence-electron chi connectivity index (χ2n) is 5.24. The van der Waals surface area contributed by atoms with Gasteiger partial charge in [0.15, 0.2) is 6.04 Å². The predicted molar refractivity (Wildman–Crippen MR) is 87.9 cm³/mol. The summed E-state index contributed by atoms with van der Waals surface area (Å²) in [6.07, 6.45) is 0. The highest BCUT2D eigenvalue weighted by Gasteiger charge is 2.24. The second kappa shape index (κ2) is 7.31. The first-order chi connectivity index (χ1) is 11.3. The SMILES string of the molecule is C[C@H](C(=O)O)c1ccc(F)c(NC(C(=O)O)c2ccccc2Cl)c1. The minimum atomic E-state index is -1.27. The summed E-state index contributed by atoms with van der Waals surface area (Å²) in [5, 5.41) is 21.3. The number of benzene rings is 2. The predicted octanol–water partition coefficient (Wildman–Crippen LogP) is 3.91. The van der Waals surface area contributed by atoms with Gasteiger partial charge in [0.1, 0.15) is 5.82 Å². The molecular formula is C17H15ClFNO4. The molecule has 2 aromatic rings. The van der Waals surface area contributed by atoms with Crippen molar-refractivity contribution in [2.24, 2.45) is 0 Å². The summed E-state index contributed by atoms with van der Waals surface area (Å²) in [6.45, 7) is 1.46. The monoisotopic (exact) mass is 351 g/mol. The molecule has 0 radical (unpaired) electrons. The van der Waals surface area contributed by atoms with E-state index in [4.69, 9.17) is 16.7 Å². The normalized spacial score (nSPS) is 13.1. The van der Waals surface area contributed by atoms with Crippen LogP contribution in [0, 0.1) is 5.82 Å². The van der Waals surface area contributed by atoms with Crippen molar-refractivity contribution in [1.29, 1.82) is 0 Å². The van der Waals surface area contributed by atoms with E-state index in [2.05, 4.69) is 5.32 Å². The average molecular weight is 352 g/mol. The van der Waals surface area contributed by atoms with Gasteiger partial charge < -0.3 is 15.5 Å². The average Bonchev–Trinajstić information content (AvgIpc) is 2.54. The Hall–Kier alpha value is -2.60. The number of hydrogen-bond donors (Lipinski definition) is 3. The highest BCUT2D eigenvalue weighted by atomic mass is 35.5. The van der Waals surface area contributed by atoms with Gasteiger partial charge in [-0.05, 0) is 30.7 Å². The first-order valence-electron chi connectivity index (χ1n) is 7.07. The van der Waals surface area contributed by atoms with Crippen LogP contribution < -0.4 is 5.32 Å². The fourth-order valence-corrected chi connectivity index (χ4v) is 2.45. The molecule has 126 valence electrons. The molecule has 24 heavy (non-hydrogen) atoms. The van der Waals surface area contributed by atoms with E-state index in [1.807, 2.05) is 0 Å². The van der Waals surface area contributed by atoms with E-state index < -0.39 is 29.7 Å². The number of carboxylic acids is 2. The summed E-state index contributed by atoms with van der Waals surface area (Å²) in [5.41, 5.74) is 0.533. The lowest BCUT2D eigenvalue weighted by Gasteiger charge is -2.19. The summed E-state index contributed by atoms with van der Waals surface area (Å²) in [7, 11) is 0. The summed E-state index contributed by atoms with van der Waals surface area (Å²) in [4.78, 5) is 22.6. The van der Waals surface area contributed by atoms with Gasteiger partial charge in [0, 0.05) is 10.6 Å². The quantitative estimate of drug-likeness (QED) is 0.734. The molecule has 5 nitrogen and oxygen atoms in total. The molecule has 0 spiro atoms. The number of hydrogen-bond acceptors (Lipinski definition) is 3. The summed E-state index contributed by atoms with van der Waals surface area (Å²) in [5.74, 6) is -3.84. The lowest BCUT2D eigenvalue weighted by atomic mass is 10.00. The Balaban J connectivity index is 2.40. The standard InChI is InChI=1S/C17H15ClFNO4/c1-9(16(21)22)10-6-7-13(19)14(8-10)20-15(17(23)24)11-4-2-3-5-12(11)18/h2-9,15,20H,1H3,(H,21,22)(H,23,24)/t9-,15?/m0/s1. The molecular weight excluding hydrogens is 337 g/mol. The van der Waals surface area contributed by atoms with Crippen LogP contribution in [0.4, 0.5) is 10.1 Å². The molecule has 7 heteroatoms. The molecule has 0 amide bonds. The van der Waals surface area contributed by atoms with E-state index in [1.54, 1.807) is 12.1 Å². The molecule has 2 atom stereocenters. The molecule has 0 saturated carbocycles. The molecule has 3 N–H and O–H groups in total. The zero-order chi connectivity index (χ0) is 17.9. The van der Waals surface area contributed by atoms with Crippen LogP contribution in [0.2, 0.25) is 5.02 Å². The van der Waals surface area contributed by atoms with Crippen molar-refractivity contribution in [3.63, 3.8) is 0 Å². The molecule has 0 bridgehead atoms. The number of halogens is 2. The third kappa shape index (κ3) is 3.83. The second-order valence-corrected chi connectivity index (χ2v) is 5.64. The van der Waals surface area contributed by atoms with Crippen molar-refractivity contribution in [2.75, 3.05) is 5.32 Å². The molecule has 0 fully saturated rings. The maximum atomic E-state index is 14.0. The lowest BCUT2D eigenvalue weighted by Crippen LogP contribution is -2.21. The van der Waals surface area contributed by atoms with E-state index in [9.17, 15) is 19.1 Å². The van der Waals surface area contributed by atoms with Gasteiger partial charge in [-0.1, -0.05) is 35.9 Å². The topological polar surface area (TPSA) is 86.6 Å². The Morgan fingerprint density at radius 3 is 2.38 bits per heavy atom. The Kier molecular flexibility index (Phi) is 5.41. The van der Waals surface area contributed by atoms with Crippen molar-refractivity contribution < 1.29 is 24.2 Å². The van der Waals surface area contributed by atoms with Crippen molar-refractivity contribution in [3.05, 3.63) is 64.4 Å². The maximum absolute atomic E-state index is 14.0. The number of nitrogens with one attached hydrogen (secondary N) is 1. The Morgan fingerprint density at radius 2 is 1.79 bits per heavy atom. The first kappa shape index (κ1) is 17.7. The van der Waals surface area contributed by atoms with Gasteiger partial charge in [0.2, 0.25) is 0 Å². The molecule has 0 saturated heterocycles. The Labute approximate surface area is 142 Å². The highest BCUT2D eigenvalue weighted by molar-refractivity contribution is 6.31. The van der Waals surface area contributed by atoms with Crippen LogP contribution in [0.15, 0.2) is 42.5 Å². The van der Waals surface area contributed by atoms with E-state index in [0.29, 0.717) is 5.56 Å². The smallest absolute Gasteiger partial charge is 0.330 e. The van der Waals surface area contributed by atoms with Crippen LogP contribution in [-0.4, -0.2) is 22.2 Å². The summed E-state index contributed by atoms with van der Waals surface area (Å²) < 4.78 is 14.0. The number of anilines is 1. The molecule has 0 aromatic heterocycles. The largest absolute Gasteiger partial charge is 0.481 e. The van der Waals surface area contributed by atoms with Crippen molar-refractivity contribution in [1.82, 2.24) is 0 Å². The third-order valence-corrected chi connectivity index (χ3v) is 3.97. The first-order valence-corrected chi connectivity index (χ1v) is 7.45. The van der Waals surface area contributed by atoms with Crippen LogP contribution in [-0.2, 0) is 9.59 Å². The van der Waals surface area contributed by atoms with Crippen LogP contribution in [0.25, 0.3) is 0 Å². The molecule has 1 unspecified atom stereocenters. The Bertz CT molecular complexity index is 781. The molecule has 0 aliphatic carbocycles. The van der Waals surface area contributed by atoms with E-state index in [1.165, 1.54) is 31.2 Å². The van der Waals surface area contributed by atoms with Crippen LogP contribution in [0.1, 0.15) is 30.0 Å². The number of carboxylic acid groups (broad SMARTS) is 2. The van der Waals surface area contributed by atoms with Crippen LogP contribution >= 0.6 is 11.6 Å². The van der Waals surface area contributed by atoms with Crippen molar-refractivity contribution in [3.8, 4) is 0 Å². The zero-order valence-corrected chi connectivity index (χ0v) is 13.4. The van der Waals surface area contributed by atoms with Gasteiger partial charge >= 0.3 is 11.9 Å².